The third-order valence-electron chi connectivity index (χ3n) is 4.76. The second kappa shape index (κ2) is 6.32. The van der Waals surface area contributed by atoms with Crippen molar-refractivity contribution in [2.75, 3.05) is 0 Å². The monoisotopic (exact) mass is 292 g/mol. The Bertz CT molecular complexity index is 592. The molecule has 0 atom stereocenters. The molecule has 2 aromatic rings. The van der Waals surface area contributed by atoms with Crippen molar-refractivity contribution >= 4 is 17.6 Å². The van der Waals surface area contributed by atoms with Crippen molar-refractivity contribution in [3.63, 3.8) is 0 Å². The fourth-order valence-corrected chi connectivity index (χ4v) is 4.17. The number of rotatable bonds is 3. The zero-order valence-corrected chi connectivity index (χ0v) is 15.5. The van der Waals surface area contributed by atoms with Crippen LogP contribution in [0, 0.1) is 41.5 Å². The molecule has 0 nitrogen and oxygen atoms in total. The third kappa shape index (κ3) is 3.14. The summed E-state index contributed by atoms with van der Waals surface area (Å²) in [5.74, 6) is 0.584. The van der Waals surface area contributed by atoms with Crippen LogP contribution in [0.25, 0.3) is 0 Å². The van der Waals surface area contributed by atoms with Gasteiger partial charge in [0.1, 0.15) is 0 Å². The lowest BCUT2D eigenvalue weighted by Gasteiger charge is -2.26. The van der Waals surface area contributed by atoms with Crippen LogP contribution in [0.2, 0.25) is 5.82 Å². The van der Waals surface area contributed by atoms with Crippen LogP contribution in [-0.2, 0) is 0 Å². The van der Waals surface area contributed by atoms with Gasteiger partial charge in [0.25, 0.3) is 0 Å². The first kappa shape index (κ1) is 16.9. The van der Waals surface area contributed by atoms with Gasteiger partial charge in [-0.3, -0.25) is 0 Å². The SMILES string of the molecule is Cc1cc(C)c(B(c2c(C)cc(C)cc2C)C(C)C)c(C)c1. The summed E-state index contributed by atoms with van der Waals surface area (Å²) in [6.45, 7) is 18.6. The molecule has 0 radical (unpaired) electrons. The van der Waals surface area contributed by atoms with Gasteiger partial charge in [0.2, 0.25) is 6.71 Å². The van der Waals surface area contributed by atoms with Crippen LogP contribution in [0.15, 0.2) is 24.3 Å². The Labute approximate surface area is 137 Å². The minimum atomic E-state index is 0.473. The molecule has 2 rings (SSSR count). The van der Waals surface area contributed by atoms with Gasteiger partial charge < -0.3 is 0 Å². The predicted octanol–water partition coefficient (Wildman–Crippen LogP) is 4.56. The average molecular weight is 292 g/mol. The van der Waals surface area contributed by atoms with Gasteiger partial charge in [0.05, 0.1) is 0 Å². The lowest BCUT2D eigenvalue weighted by atomic mass is 9.32. The summed E-state index contributed by atoms with van der Waals surface area (Å²) < 4.78 is 0. The Hall–Kier alpha value is -1.50. The third-order valence-corrected chi connectivity index (χ3v) is 4.76. The first-order valence-corrected chi connectivity index (χ1v) is 8.37. The first-order valence-electron chi connectivity index (χ1n) is 8.37. The zero-order chi connectivity index (χ0) is 16.6. The predicted molar refractivity (Wildman–Crippen MR) is 101 cm³/mol. The Morgan fingerprint density at radius 3 is 1.09 bits per heavy atom. The highest BCUT2D eigenvalue weighted by Gasteiger charge is 2.28. The van der Waals surface area contributed by atoms with E-state index in [1.807, 2.05) is 0 Å². The van der Waals surface area contributed by atoms with E-state index in [4.69, 9.17) is 0 Å². The minimum Gasteiger partial charge on any atom is -0.0687 e. The van der Waals surface area contributed by atoms with Gasteiger partial charge in [-0.15, -0.1) is 0 Å². The van der Waals surface area contributed by atoms with E-state index in [0.717, 1.165) is 0 Å². The molecule has 0 saturated carbocycles. The van der Waals surface area contributed by atoms with E-state index >= 15 is 0 Å². The molecule has 0 aromatic heterocycles. The molecule has 0 aliphatic carbocycles. The van der Waals surface area contributed by atoms with Crippen molar-refractivity contribution in [2.24, 2.45) is 0 Å². The molecule has 1 heteroatoms. The molecular formula is C21H29B. The molecule has 22 heavy (non-hydrogen) atoms. The van der Waals surface area contributed by atoms with E-state index < -0.39 is 0 Å². The van der Waals surface area contributed by atoms with Gasteiger partial charge >= 0.3 is 0 Å². The van der Waals surface area contributed by atoms with Gasteiger partial charge in [-0.2, -0.15) is 0 Å². The number of benzene rings is 2. The maximum absolute atomic E-state index is 2.35. The fraction of sp³-hybridized carbons (Fsp3) is 0.429. The standard InChI is InChI=1S/C21H29B/c1-13(2)22(20-16(5)9-14(3)10-17(20)6)21-18(7)11-15(4)12-19(21)8/h9-13H,1-8H3. The van der Waals surface area contributed by atoms with E-state index in [0.29, 0.717) is 12.5 Å². The highest BCUT2D eigenvalue weighted by Crippen LogP contribution is 2.18. The van der Waals surface area contributed by atoms with Crippen molar-refractivity contribution in [1.29, 1.82) is 0 Å². The molecular weight excluding hydrogens is 263 g/mol. The van der Waals surface area contributed by atoms with Crippen molar-refractivity contribution in [1.82, 2.24) is 0 Å². The number of hydrogen-bond acceptors (Lipinski definition) is 0. The maximum Gasteiger partial charge on any atom is 0.213 e. The Balaban J connectivity index is 2.73. The largest absolute Gasteiger partial charge is 0.213 e. The molecule has 0 amide bonds. The summed E-state index contributed by atoms with van der Waals surface area (Å²) >= 11 is 0. The first-order chi connectivity index (χ1) is 10.2. The number of hydrogen-bond donors (Lipinski definition) is 0. The molecule has 0 aliphatic heterocycles. The Morgan fingerprint density at radius 1 is 0.591 bits per heavy atom. The van der Waals surface area contributed by atoms with E-state index in [1.165, 1.54) is 44.3 Å². The summed E-state index contributed by atoms with van der Waals surface area (Å²) in [5, 5.41) is 0. The van der Waals surface area contributed by atoms with E-state index in [2.05, 4.69) is 79.7 Å². The second-order valence-electron chi connectivity index (χ2n) is 7.35. The van der Waals surface area contributed by atoms with Crippen molar-refractivity contribution in [2.45, 2.75) is 61.2 Å². The second-order valence-corrected chi connectivity index (χ2v) is 7.35. The van der Waals surface area contributed by atoms with Crippen LogP contribution in [0.4, 0.5) is 0 Å². The molecule has 0 aliphatic rings. The van der Waals surface area contributed by atoms with E-state index in [1.54, 1.807) is 0 Å². The van der Waals surface area contributed by atoms with Crippen LogP contribution < -0.4 is 10.9 Å². The van der Waals surface area contributed by atoms with Crippen molar-refractivity contribution < 1.29 is 0 Å². The summed E-state index contributed by atoms with van der Waals surface area (Å²) in [4.78, 5) is 0. The van der Waals surface area contributed by atoms with Crippen molar-refractivity contribution in [3.8, 4) is 0 Å². The van der Waals surface area contributed by atoms with Crippen LogP contribution in [0.3, 0.4) is 0 Å². The van der Waals surface area contributed by atoms with Crippen molar-refractivity contribution in [3.05, 3.63) is 57.6 Å². The Morgan fingerprint density at radius 2 is 0.864 bits per heavy atom. The van der Waals surface area contributed by atoms with Crippen LogP contribution in [0.1, 0.15) is 47.2 Å². The topological polar surface area (TPSA) is 0 Å². The normalized spacial score (nSPS) is 11.1. The summed E-state index contributed by atoms with van der Waals surface area (Å²) in [7, 11) is 0. The molecule has 0 heterocycles. The maximum atomic E-state index is 2.35. The average Bonchev–Trinajstić information content (AvgIpc) is 2.34. The lowest BCUT2D eigenvalue weighted by molar-refractivity contribution is 1.05. The molecule has 0 N–H and O–H groups in total. The smallest absolute Gasteiger partial charge is 0.0687 e. The highest BCUT2D eigenvalue weighted by molar-refractivity contribution is 6.87. The molecule has 0 fully saturated rings. The molecule has 0 saturated heterocycles. The zero-order valence-electron chi connectivity index (χ0n) is 15.5. The fourth-order valence-electron chi connectivity index (χ4n) is 4.17. The van der Waals surface area contributed by atoms with Crippen LogP contribution in [0.5, 0.6) is 0 Å². The van der Waals surface area contributed by atoms with Gasteiger partial charge in [-0.1, -0.05) is 88.2 Å². The molecule has 2 aromatic carbocycles. The molecule has 0 bridgehead atoms. The Kier molecular flexibility index (Phi) is 4.85. The van der Waals surface area contributed by atoms with E-state index in [9.17, 15) is 0 Å². The van der Waals surface area contributed by atoms with Gasteiger partial charge in [0, 0.05) is 0 Å². The van der Waals surface area contributed by atoms with Gasteiger partial charge in [-0.05, 0) is 41.5 Å². The summed E-state index contributed by atoms with van der Waals surface area (Å²) in [5.41, 5.74) is 11.5. The van der Waals surface area contributed by atoms with Gasteiger partial charge in [0.15, 0.2) is 0 Å². The van der Waals surface area contributed by atoms with Crippen LogP contribution >= 0.6 is 0 Å². The molecule has 116 valence electrons. The summed E-state index contributed by atoms with van der Waals surface area (Å²) in [6, 6.07) is 9.32. The quantitative estimate of drug-likeness (QED) is 0.728. The summed E-state index contributed by atoms with van der Waals surface area (Å²) in [6.07, 6.45) is 0. The number of aryl methyl sites for hydroxylation is 6. The lowest BCUT2D eigenvalue weighted by Crippen LogP contribution is -2.49. The van der Waals surface area contributed by atoms with E-state index in [-0.39, 0.29) is 0 Å². The van der Waals surface area contributed by atoms with Crippen LogP contribution in [-0.4, -0.2) is 6.71 Å². The molecule has 0 unspecified atom stereocenters. The highest BCUT2D eigenvalue weighted by atomic mass is 14.1. The minimum absolute atomic E-state index is 0.473. The van der Waals surface area contributed by atoms with Gasteiger partial charge in [-0.25, -0.2) is 0 Å². The molecule has 0 spiro atoms.